The highest BCUT2D eigenvalue weighted by Crippen LogP contribution is 2.36. The summed E-state index contributed by atoms with van der Waals surface area (Å²) < 4.78 is 6.38. The second-order valence-corrected chi connectivity index (χ2v) is 12.1. The van der Waals surface area contributed by atoms with E-state index in [0.29, 0.717) is 19.1 Å². The molecule has 4 nitrogen and oxygen atoms in total. The summed E-state index contributed by atoms with van der Waals surface area (Å²) in [4.78, 5) is 14.9. The molecule has 4 aromatic rings. The van der Waals surface area contributed by atoms with Crippen molar-refractivity contribution >= 4 is 17.3 Å². The fraction of sp³-hybridized carbons (Fsp3) is 0.343. The fourth-order valence-electron chi connectivity index (χ4n) is 5.81. The molecule has 1 saturated carbocycles. The summed E-state index contributed by atoms with van der Waals surface area (Å²) in [6, 6.07) is 27.3. The Morgan fingerprint density at radius 1 is 1.00 bits per heavy atom. The Morgan fingerprint density at radius 3 is 2.48 bits per heavy atom. The number of carboxylic acid groups (broad SMARTS) is 1. The Morgan fingerprint density at radius 2 is 1.75 bits per heavy atom. The van der Waals surface area contributed by atoms with Gasteiger partial charge in [-0.1, -0.05) is 85.5 Å². The van der Waals surface area contributed by atoms with Crippen LogP contribution in [0.25, 0.3) is 11.1 Å². The van der Waals surface area contributed by atoms with E-state index in [0.717, 1.165) is 22.4 Å². The largest absolute Gasteiger partial charge is 0.488 e. The van der Waals surface area contributed by atoms with Gasteiger partial charge in [0, 0.05) is 23.0 Å². The Balaban J connectivity index is 1.28. The minimum Gasteiger partial charge on any atom is -0.488 e. The van der Waals surface area contributed by atoms with Gasteiger partial charge < -0.3 is 9.84 Å². The van der Waals surface area contributed by atoms with Gasteiger partial charge in [0.25, 0.3) is 0 Å². The molecule has 0 amide bonds. The van der Waals surface area contributed by atoms with E-state index in [4.69, 9.17) is 4.74 Å². The molecule has 40 heavy (non-hydrogen) atoms. The molecule has 208 valence electrons. The zero-order valence-corrected chi connectivity index (χ0v) is 24.3. The number of ether oxygens (including phenoxy) is 1. The van der Waals surface area contributed by atoms with Crippen molar-refractivity contribution in [3.05, 3.63) is 111 Å². The monoisotopic (exact) mass is 553 g/mol. The van der Waals surface area contributed by atoms with Gasteiger partial charge in [0.2, 0.25) is 0 Å². The average molecular weight is 554 g/mol. The van der Waals surface area contributed by atoms with Crippen LogP contribution >= 0.6 is 11.3 Å². The van der Waals surface area contributed by atoms with Gasteiger partial charge in [0.1, 0.15) is 12.4 Å². The predicted molar refractivity (Wildman–Crippen MR) is 164 cm³/mol. The molecule has 0 saturated heterocycles. The number of hydrogen-bond acceptors (Lipinski definition) is 4. The van der Waals surface area contributed by atoms with E-state index in [1.807, 2.05) is 37.4 Å². The molecule has 1 fully saturated rings. The molecular formula is C35H39NO3S. The molecule has 1 N–H and O–H groups in total. The Hall–Kier alpha value is -3.41. The van der Waals surface area contributed by atoms with Crippen molar-refractivity contribution in [2.24, 2.45) is 0 Å². The summed E-state index contributed by atoms with van der Waals surface area (Å²) in [5.74, 6) is 0.803. The van der Waals surface area contributed by atoms with Gasteiger partial charge >= 0.3 is 5.97 Å². The van der Waals surface area contributed by atoms with Crippen LogP contribution in [0.1, 0.15) is 77.6 Å². The number of aryl methyl sites for hydroxylation is 1. The summed E-state index contributed by atoms with van der Waals surface area (Å²) in [6.45, 7) is 3.32. The lowest BCUT2D eigenvalue weighted by Crippen LogP contribution is -2.26. The molecule has 1 heterocycles. The van der Waals surface area contributed by atoms with E-state index in [1.54, 1.807) is 11.3 Å². The highest BCUT2D eigenvalue weighted by molar-refractivity contribution is 7.10. The Bertz CT molecular complexity index is 1390. The minimum absolute atomic E-state index is 0.0657. The van der Waals surface area contributed by atoms with Gasteiger partial charge in [0.05, 0.1) is 6.42 Å². The summed E-state index contributed by atoms with van der Waals surface area (Å²) in [6.07, 6.45) is 6.77. The first-order chi connectivity index (χ1) is 19.5. The molecular weight excluding hydrogens is 514 g/mol. The quantitative estimate of drug-likeness (QED) is 0.201. The van der Waals surface area contributed by atoms with Crippen LogP contribution in [0, 0.1) is 6.92 Å². The molecule has 0 spiro atoms. The molecule has 5 rings (SSSR count). The van der Waals surface area contributed by atoms with Crippen LogP contribution < -0.4 is 4.74 Å². The standard InChI is InChI=1S/C35H39NO3S/c1-25-13-18-34(39-23-26-14-16-28(17-15-26)27-9-5-3-6-10-27)32(19-25)30-20-31(40-24-30)22-36(2)33(21-35(37)38)29-11-7-4-8-12-29/h4,7-8,11-20,24,27,33H,3,5-6,9-10,21-23H2,1-2H3,(H,37,38). The first-order valence-electron chi connectivity index (χ1n) is 14.3. The third kappa shape index (κ3) is 7.21. The van der Waals surface area contributed by atoms with E-state index < -0.39 is 5.97 Å². The summed E-state index contributed by atoms with van der Waals surface area (Å²) >= 11 is 1.70. The Kier molecular flexibility index (Phi) is 9.35. The van der Waals surface area contributed by atoms with Crippen molar-refractivity contribution in [2.45, 2.75) is 70.6 Å². The molecule has 3 aromatic carbocycles. The van der Waals surface area contributed by atoms with Crippen molar-refractivity contribution in [2.75, 3.05) is 7.05 Å². The minimum atomic E-state index is -0.794. The zero-order valence-electron chi connectivity index (χ0n) is 23.5. The number of rotatable bonds is 11. The Labute approximate surface area is 242 Å². The van der Waals surface area contributed by atoms with Crippen LogP contribution in [-0.4, -0.2) is 23.0 Å². The van der Waals surface area contributed by atoms with Crippen molar-refractivity contribution in [1.29, 1.82) is 0 Å². The molecule has 1 aliphatic rings. The highest BCUT2D eigenvalue weighted by atomic mass is 32.1. The van der Waals surface area contributed by atoms with Crippen molar-refractivity contribution < 1.29 is 14.6 Å². The number of aliphatic carboxylic acids is 1. The lowest BCUT2D eigenvalue weighted by atomic mass is 9.84. The maximum absolute atomic E-state index is 11.6. The van der Waals surface area contributed by atoms with Gasteiger partial charge in [0.15, 0.2) is 0 Å². The summed E-state index contributed by atoms with van der Waals surface area (Å²) in [7, 11) is 2.00. The number of thiophene rings is 1. The van der Waals surface area contributed by atoms with Gasteiger partial charge in [-0.25, -0.2) is 0 Å². The number of carboxylic acids is 1. The van der Waals surface area contributed by atoms with Crippen molar-refractivity contribution in [3.8, 4) is 16.9 Å². The lowest BCUT2D eigenvalue weighted by molar-refractivity contribution is -0.138. The lowest BCUT2D eigenvalue weighted by Gasteiger charge is -2.27. The number of nitrogens with zero attached hydrogens (tertiary/aromatic N) is 1. The number of hydrogen-bond donors (Lipinski definition) is 1. The van der Waals surface area contributed by atoms with Gasteiger partial charge in [-0.15, -0.1) is 11.3 Å². The van der Waals surface area contributed by atoms with Gasteiger partial charge in [-0.05, 0) is 78.6 Å². The molecule has 0 aliphatic heterocycles. The summed E-state index contributed by atoms with van der Waals surface area (Å²) in [5, 5.41) is 11.7. The maximum atomic E-state index is 11.6. The molecule has 1 aromatic heterocycles. The van der Waals surface area contributed by atoms with E-state index in [9.17, 15) is 9.90 Å². The van der Waals surface area contributed by atoms with Crippen LogP contribution in [0.2, 0.25) is 0 Å². The first-order valence-corrected chi connectivity index (χ1v) is 15.2. The normalized spacial score (nSPS) is 14.8. The van der Waals surface area contributed by atoms with E-state index in [2.05, 4.69) is 65.7 Å². The predicted octanol–water partition coefficient (Wildman–Crippen LogP) is 9.00. The van der Waals surface area contributed by atoms with E-state index in [-0.39, 0.29) is 12.5 Å². The average Bonchev–Trinajstić information content (AvgIpc) is 3.44. The second-order valence-electron chi connectivity index (χ2n) is 11.1. The molecule has 1 unspecified atom stereocenters. The smallest absolute Gasteiger partial charge is 0.305 e. The topological polar surface area (TPSA) is 49.8 Å². The molecule has 1 atom stereocenters. The zero-order chi connectivity index (χ0) is 27.9. The fourth-order valence-corrected chi connectivity index (χ4v) is 6.75. The summed E-state index contributed by atoms with van der Waals surface area (Å²) in [5.41, 5.74) is 7.08. The molecule has 0 radical (unpaired) electrons. The molecule has 5 heteroatoms. The second kappa shape index (κ2) is 13.3. The van der Waals surface area contributed by atoms with Crippen molar-refractivity contribution in [3.63, 3.8) is 0 Å². The molecule has 1 aliphatic carbocycles. The third-order valence-corrected chi connectivity index (χ3v) is 8.96. The highest BCUT2D eigenvalue weighted by Gasteiger charge is 2.21. The van der Waals surface area contributed by atoms with E-state index >= 15 is 0 Å². The van der Waals surface area contributed by atoms with Crippen LogP contribution in [0.3, 0.4) is 0 Å². The molecule has 0 bridgehead atoms. The van der Waals surface area contributed by atoms with Crippen molar-refractivity contribution in [1.82, 2.24) is 4.90 Å². The van der Waals surface area contributed by atoms with Crippen LogP contribution in [0.15, 0.2) is 84.2 Å². The van der Waals surface area contributed by atoms with Gasteiger partial charge in [-0.2, -0.15) is 0 Å². The van der Waals surface area contributed by atoms with E-state index in [1.165, 1.54) is 53.7 Å². The van der Waals surface area contributed by atoms with Gasteiger partial charge in [-0.3, -0.25) is 9.69 Å². The number of carbonyl (C=O) groups is 1. The SMILES string of the molecule is Cc1ccc(OCc2ccc(C3CCCCC3)cc2)c(-c2csc(CN(C)C(CC(=O)O)c3ccccc3)c2)c1. The number of benzene rings is 3. The maximum Gasteiger partial charge on any atom is 0.305 e. The van der Waals surface area contributed by atoms with Crippen LogP contribution in [-0.2, 0) is 17.9 Å². The third-order valence-electron chi connectivity index (χ3n) is 8.04. The van der Waals surface area contributed by atoms with Crippen LogP contribution in [0.4, 0.5) is 0 Å². The van der Waals surface area contributed by atoms with Crippen LogP contribution in [0.5, 0.6) is 5.75 Å². The first kappa shape index (κ1) is 28.1.